The van der Waals surface area contributed by atoms with Crippen LogP contribution in [0.15, 0.2) is 97.1 Å². The summed E-state index contributed by atoms with van der Waals surface area (Å²) in [4.78, 5) is 38.3. The number of nitrogens with one attached hydrogen (secondary N) is 2. The average molecular weight is 727 g/mol. The molecule has 1 amide bonds. The largest absolute Gasteiger partial charge is 0.497 e. The van der Waals surface area contributed by atoms with E-state index in [2.05, 4.69) is 28.8 Å². The SMILES string of the molecule is COc1ccc(Nc2sc(C(=O)c3ccc(C)cc3)c(N)c2C(N)=O)cc1.N#Cc1c2sc(c1N)C(=O)c1ccc(cc1)CCc1ccc(cc1)N2. The molecular formula is C40H34N6O4S2. The highest BCUT2D eigenvalue weighted by molar-refractivity contribution is 7.19. The Morgan fingerprint density at radius 3 is 2.04 bits per heavy atom. The number of rotatable bonds is 6. The van der Waals surface area contributed by atoms with E-state index in [1.165, 1.54) is 22.5 Å². The lowest BCUT2D eigenvalue weighted by atomic mass is 10.0. The van der Waals surface area contributed by atoms with Gasteiger partial charge in [-0.3, -0.25) is 14.4 Å². The number of primary amides is 1. The molecule has 0 unspecified atom stereocenters. The van der Waals surface area contributed by atoms with Crippen LogP contribution >= 0.6 is 22.7 Å². The van der Waals surface area contributed by atoms with E-state index in [0.29, 0.717) is 43.0 Å². The number of nitrogen functional groups attached to an aromatic ring is 2. The molecule has 12 heteroatoms. The summed E-state index contributed by atoms with van der Waals surface area (Å²) in [6, 6.07) is 32.2. The third-order valence-electron chi connectivity index (χ3n) is 8.45. The standard InChI is InChI=1S/C20H19N3O3S.C20H15N3OS/c1-11-3-5-12(6-4-11)17(24)18-16(21)15(19(22)25)20(27-18)23-13-7-9-14(26-2)10-8-13;21-11-16-17(22)19-18(24)14-7-3-12(4-8-14)1-2-13-5-9-15(10-6-13)23-20(16)25-19/h3-10,23H,21H2,1-2H3,(H2,22,25);3-10,23H,1-2,22H2. The van der Waals surface area contributed by atoms with E-state index in [1.54, 1.807) is 43.5 Å². The molecule has 0 saturated carbocycles. The van der Waals surface area contributed by atoms with Crippen molar-refractivity contribution in [2.45, 2.75) is 19.8 Å². The molecule has 8 N–H and O–H groups in total. The smallest absolute Gasteiger partial charge is 0.253 e. The first-order valence-electron chi connectivity index (χ1n) is 16.1. The Kier molecular flexibility index (Phi) is 10.4. The number of carbonyl (C=O) groups is 3. The van der Waals surface area contributed by atoms with Gasteiger partial charge in [0, 0.05) is 22.5 Å². The zero-order valence-electron chi connectivity index (χ0n) is 28.3. The molecule has 4 aliphatic heterocycles. The molecule has 0 radical (unpaired) electrons. The van der Waals surface area contributed by atoms with Crippen LogP contribution < -0.4 is 32.6 Å². The van der Waals surface area contributed by atoms with Crippen LogP contribution in [-0.2, 0) is 12.8 Å². The normalized spacial score (nSPS) is 11.7. The van der Waals surface area contributed by atoms with Crippen LogP contribution in [0.25, 0.3) is 0 Å². The lowest BCUT2D eigenvalue weighted by molar-refractivity contribution is 0.100. The minimum atomic E-state index is -0.692. The first kappa shape index (κ1) is 35.4. The number of benzene rings is 4. The predicted octanol–water partition coefficient (Wildman–Crippen LogP) is 8.00. The maximum atomic E-state index is 12.8. The zero-order valence-corrected chi connectivity index (χ0v) is 29.9. The number of carbonyl (C=O) groups excluding carboxylic acids is 3. The molecule has 52 heavy (non-hydrogen) atoms. The Morgan fingerprint density at radius 1 is 0.846 bits per heavy atom. The monoisotopic (exact) mass is 726 g/mol. The minimum absolute atomic E-state index is 0.0917. The topological polar surface area (TPSA) is 186 Å². The number of nitrogens with zero attached hydrogens (tertiary/aromatic N) is 1. The van der Waals surface area contributed by atoms with Crippen LogP contribution in [-0.4, -0.2) is 24.6 Å². The first-order chi connectivity index (χ1) is 25.1. The molecule has 6 aromatic rings. The zero-order chi connectivity index (χ0) is 36.9. The summed E-state index contributed by atoms with van der Waals surface area (Å²) in [5.74, 6) is -0.384. The molecule has 0 fully saturated rings. The van der Waals surface area contributed by atoms with E-state index in [9.17, 15) is 19.6 Å². The number of nitrogens with two attached hydrogens (primary N) is 3. The summed E-state index contributed by atoms with van der Waals surface area (Å²) in [6.07, 6.45) is 1.86. The number of ether oxygens (including phenoxy) is 1. The lowest BCUT2D eigenvalue weighted by Crippen LogP contribution is -2.14. The van der Waals surface area contributed by atoms with Crippen LogP contribution in [0, 0.1) is 18.3 Å². The summed E-state index contributed by atoms with van der Waals surface area (Å²) in [7, 11) is 1.58. The van der Waals surface area contributed by atoms with Crippen LogP contribution in [0.4, 0.5) is 32.8 Å². The fourth-order valence-electron chi connectivity index (χ4n) is 5.53. The highest BCUT2D eigenvalue weighted by atomic mass is 32.1. The molecular weight excluding hydrogens is 693 g/mol. The second-order valence-corrected chi connectivity index (χ2v) is 14.0. The van der Waals surface area contributed by atoms with Crippen molar-refractivity contribution < 1.29 is 19.1 Å². The van der Waals surface area contributed by atoms with Gasteiger partial charge in [0.25, 0.3) is 5.91 Å². The van der Waals surface area contributed by atoms with Crippen molar-refractivity contribution in [3.8, 4) is 11.8 Å². The van der Waals surface area contributed by atoms with Crippen molar-refractivity contribution in [1.82, 2.24) is 0 Å². The molecule has 260 valence electrons. The molecule has 0 saturated heterocycles. The van der Waals surface area contributed by atoms with Gasteiger partial charge in [-0.15, -0.1) is 22.7 Å². The van der Waals surface area contributed by atoms with Crippen LogP contribution in [0.5, 0.6) is 5.75 Å². The summed E-state index contributed by atoms with van der Waals surface area (Å²) >= 11 is 2.33. The van der Waals surface area contributed by atoms with Crippen LogP contribution in [0.1, 0.15) is 63.1 Å². The molecule has 0 spiro atoms. The summed E-state index contributed by atoms with van der Waals surface area (Å²) in [5, 5.41) is 16.8. The highest BCUT2D eigenvalue weighted by Crippen LogP contribution is 2.40. The van der Waals surface area contributed by atoms with Gasteiger partial charge in [0.1, 0.15) is 37.1 Å². The maximum absolute atomic E-state index is 12.8. The molecule has 10 rings (SSSR count). The van der Waals surface area contributed by atoms with Gasteiger partial charge in [0.2, 0.25) is 11.6 Å². The Labute approximate surface area is 308 Å². The molecule has 2 aromatic heterocycles. The highest BCUT2D eigenvalue weighted by Gasteiger charge is 2.26. The van der Waals surface area contributed by atoms with E-state index < -0.39 is 5.91 Å². The fourth-order valence-corrected chi connectivity index (χ4v) is 7.69. The number of anilines is 6. The number of hydrogen-bond donors (Lipinski definition) is 5. The molecule has 10 nitrogen and oxygen atoms in total. The van der Waals surface area contributed by atoms with Crippen molar-refractivity contribution in [3.63, 3.8) is 0 Å². The van der Waals surface area contributed by atoms with Crippen LogP contribution in [0.3, 0.4) is 0 Å². The average Bonchev–Trinajstić information content (AvgIpc) is 3.65. The quantitative estimate of drug-likeness (QED) is 0.106. The second-order valence-electron chi connectivity index (χ2n) is 12.0. The van der Waals surface area contributed by atoms with Gasteiger partial charge in [-0.2, -0.15) is 5.26 Å². The van der Waals surface area contributed by atoms with Gasteiger partial charge < -0.3 is 32.6 Å². The number of thiophene rings is 2. The molecule has 4 aliphatic rings. The van der Waals surface area contributed by atoms with E-state index >= 15 is 0 Å². The van der Waals surface area contributed by atoms with Gasteiger partial charge in [0.15, 0.2) is 0 Å². The van der Waals surface area contributed by atoms with Gasteiger partial charge in [-0.1, -0.05) is 66.2 Å². The van der Waals surface area contributed by atoms with Gasteiger partial charge in [-0.25, -0.2) is 0 Å². The summed E-state index contributed by atoms with van der Waals surface area (Å²) in [5.41, 5.74) is 24.6. The number of methoxy groups -OCH3 is 1. The minimum Gasteiger partial charge on any atom is -0.497 e. The number of amides is 1. The second kappa shape index (κ2) is 15.2. The Morgan fingerprint density at radius 2 is 1.46 bits per heavy atom. The van der Waals surface area contributed by atoms with E-state index in [1.807, 2.05) is 55.5 Å². The lowest BCUT2D eigenvalue weighted by Gasteiger charge is -2.07. The third-order valence-corrected chi connectivity index (χ3v) is 10.7. The Balaban J connectivity index is 0.000000179. The van der Waals surface area contributed by atoms with Crippen molar-refractivity contribution >= 4 is 72.9 Å². The van der Waals surface area contributed by atoms with Crippen molar-refractivity contribution in [2.24, 2.45) is 5.73 Å². The predicted molar refractivity (Wildman–Crippen MR) is 209 cm³/mol. The third kappa shape index (κ3) is 7.51. The van der Waals surface area contributed by atoms with Gasteiger partial charge >= 0.3 is 0 Å². The Hall–Kier alpha value is -6.42. The van der Waals surface area contributed by atoms with E-state index in [-0.39, 0.29) is 33.4 Å². The maximum Gasteiger partial charge on any atom is 0.253 e. The molecule has 6 heterocycles. The molecule has 0 aliphatic carbocycles. The van der Waals surface area contributed by atoms with Crippen molar-refractivity contribution in [3.05, 3.63) is 146 Å². The number of ketones is 2. The van der Waals surface area contributed by atoms with Crippen molar-refractivity contribution in [2.75, 3.05) is 29.2 Å². The number of hydrogen-bond acceptors (Lipinski definition) is 11. The van der Waals surface area contributed by atoms with Crippen molar-refractivity contribution in [1.29, 1.82) is 5.26 Å². The van der Waals surface area contributed by atoms with Gasteiger partial charge in [0.05, 0.1) is 24.0 Å². The summed E-state index contributed by atoms with van der Waals surface area (Å²) in [6.45, 7) is 1.94. The van der Waals surface area contributed by atoms with E-state index in [0.717, 1.165) is 35.4 Å². The Bertz CT molecular complexity index is 2320. The van der Waals surface area contributed by atoms with Gasteiger partial charge in [-0.05, 0) is 67.3 Å². The number of nitriles is 1. The first-order valence-corrected chi connectivity index (χ1v) is 17.8. The number of aryl methyl sites for hydroxylation is 3. The molecule has 0 atom stereocenters. The summed E-state index contributed by atoms with van der Waals surface area (Å²) < 4.78 is 5.13. The van der Waals surface area contributed by atoms with E-state index in [4.69, 9.17) is 21.9 Å². The van der Waals surface area contributed by atoms with Crippen LogP contribution in [0.2, 0.25) is 0 Å². The molecule has 4 aromatic carbocycles. The molecule has 6 bridgehead atoms. The fraction of sp³-hybridized carbons (Fsp3) is 0.100.